The second-order valence-electron chi connectivity index (χ2n) is 9.56. The van der Waals surface area contributed by atoms with E-state index in [9.17, 15) is 9.59 Å². The van der Waals surface area contributed by atoms with Gasteiger partial charge in [-0.3, -0.25) is 4.79 Å². The van der Waals surface area contributed by atoms with Gasteiger partial charge in [0.1, 0.15) is 5.75 Å². The van der Waals surface area contributed by atoms with Crippen LogP contribution in [-0.4, -0.2) is 63.2 Å². The molecule has 0 radical (unpaired) electrons. The van der Waals surface area contributed by atoms with Crippen molar-refractivity contribution in [3.63, 3.8) is 0 Å². The molecular formula is C29H31Cl2N5O3. The van der Waals surface area contributed by atoms with Gasteiger partial charge in [0, 0.05) is 50.6 Å². The summed E-state index contributed by atoms with van der Waals surface area (Å²) in [5.41, 5.74) is 3.44. The summed E-state index contributed by atoms with van der Waals surface area (Å²) in [6.07, 6.45) is 2.00. The quantitative estimate of drug-likeness (QED) is 0.370. The van der Waals surface area contributed by atoms with Crippen LogP contribution in [0, 0.1) is 0 Å². The van der Waals surface area contributed by atoms with Crippen molar-refractivity contribution < 1.29 is 14.3 Å². The molecule has 3 aromatic rings. The van der Waals surface area contributed by atoms with Crippen molar-refractivity contribution in [1.29, 1.82) is 0 Å². The molecule has 8 nitrogen and oxygen atoms in total. The zero-order valence-electron chi connectivity index (χ0n) is 21.8. The minimum Gasteiger partial charge on any atom is -0.495 e. The first kappa shape index (κ1) is 27.0. The highest BCUT2D eigenvalue weighted by atomic mass is 35.5. The zero-order valence-corrected chi connectivity index (χ0v) is 23.3. The van der Waals surface area contributed by atoms with Gasteiger partial charge in [0.15, 0.2) is 0 Å². The molecule has 2 heterocycles. The van der Waals surface area contributed by atoms with Crippen LogP contribution in [0.25, 0.3) is 0 Å². The normalized spacial score (nSPS) is 15.3. The maximum Gasteiger partial charge on any atom is 0.323 e. The number of ether oxygens (including phenoxy) is 1. The predicted octanol–water partition coefficient (Wildman–Crippen LogP) is 6.21. The Kier molecular flexibility index (Phi) is 8.33. The van der Waals surface area contributed by atoms with Crippen LogP contribution in [0.15, 0.2) is 60.7 Å². The molecule has 0 aliphatic carbocycles. The topological polar surface area (TPSA) is 77.1 Å². The van der Waals surface area contributed by atoms with Crippen molar-refractivity contribution in [3.8, 4) is 5.75 Å². The maximum absolute atomic E-state index is 13.6. The van der Waals surface area contributed by atoms with Crippen molar-refractivity contribution in [2.45, 2.75) is 12.8 Å². The summed E-state index contributed by atoms with van der Waals surface area (Å²) in [7, 11) is 1.69. The lowest BCUT2D eigenvalue weighted by molar-refractivity contribution is 0.0793. The third-order valence-electron chi connectivity index (χ3n) is 7.12. The van der Waals surface area contributed by atoms with Crippen molar-refractivity contribution in [2.24, 2.45) is 0 Å². The summed E-state index contributed by atoms with van der Waals surface area (Å²) >= 11 is 12.3. The van der Waals surface area contributed by atoms with E-state index in [-0.39, 0.29) is 10.9 Å². The predicted molar refractivity (Wildman–Crippen MR) is 158 cm³/mol. The minimum absolute atomic E-state index is 0.0170. The molecule has 0 aromatic heterocycles. The third kappa shape index (κ3) is 6.02. The van der Waals surface area contributed by atoms with E-state index in [2.05, 4.69) is 26.5 Å². The Morgan fingerprint density at radius 1 is 0.795 bits per heavy atom. The van der Waals surface area contributed by atoms with E-state index in [0.717, 1.165) is 69.2 Å². The lowest BCUT2D eigenvalue weighted by atomic mass is 10.1. The number of carbonyl (C=O) groups excluding carboxylic acids is 2. The fourth-order valence-electron chi connectivity index (χ4n) is 5.12. The van der Waals surface area contributed by atoms with Crippen LogP contribution in [0.5, 0.6) is 5.75 Å². The van der Waals surface area contributed by atoms with Gasteiger partial charge in [-0.2, -0.15) is 0 Å². The summed E-state index contributed by atoms with van der Waals surface area (Å²) in [5.74, 6) is 0.834. The van der Waals surface area contributed by atoms with Gasteiger partial charge >= 0.3 is 6.03 Å². The lowest BCUT2D eigenvalue weighted by Gasteiger charge is -2.38. The average molecular weight is 569 g/mol. The molecule has 2 aliphatic heterocycles. The summed E-state index contributed by atoms with van der Waals surface area (Å²) in [6, 6.07) is 18.1. The van der Waals surface area contributed by atoms with E-state index in [1.165, 1.54) is 0 Å². The number of piperazine rings is 1. The SMILES string of the molecule is COc1ccccc1N1CCN(c2ccc(NC(=O)Nc3cccc(Cl)c3Cl)cc2C(=O)N2CCCC2)CC1. The van der Waals surface area contributed by atoms with E-state index in [4.69, 9.17) is 27.9 Å². The number of likely N-dealkylation sites (tertiary alicyclic amines) is 1. The molecule has 39 heavy (non-hydrogen) atoms. The molecule has 5 rings (SSSR count). The first-order valence-corrected chi connectivity index (χ1v) is 13.8. The van der Waals surface area contributed by atoms with Crippen LogP contribution in [0.1, 0.15) is 23.2 Å². The molecule has 0 spiro atoms. The second kappa shape index (κ2) is 12.1. The van der Waals surface area contributed by atoms with Crippen molar-refractivity contribution in [1.82, 2.24) is 4.90 Å². The number of hydrogen-bond donors (Lipinski definition) is 2. The molecular weight excluding hydrogens is 537 g/mol. The number of methoxy groups -OCH3 is 1. The van der Waals surface area contributed by atoms with Gasteiger partial charge < -0.3 is 30.1 Å². The highest BCUT2D eigenvalue weighted by Gasteiger charge is 2.27. The Balaban J connectivity index is 1.35. The van der Waals surface area contributed by atoms with Gasteiger partial charge in [0.25, 0.3) is 5.91 Å². The number of rotatable bonds is 6. The van der Waals surface area contributed by atoms with Gasteiger partial charge in [-0.25, -0.2) is 4.79 Å². The van der Waals surface area contributed by atoms with E-state index in [1.54, 1.807) is 31.4 Å². The number of nitrogens with zero attached hydrogens (tertiary/aromatic N) is 3. The summed E-state index contributed by atoms with van der Waals surface area (Å²) in [5, 5.41) is 6.17. The molecule has 2 aliphatic rings. The van der Waals surface area contributed by atoms with Crippen LogP contribution >= 0.6 is 23.2 Å². The summed E-state index contributed by atoms with van der Waals surface area (Å²) in [6.45, 7) is 4.56. The number of urea groups is 1. The largest absolute Gasteiger partial charge is 0.495 e. The van der Waals surface area contributed by atoms with Gasteiger partial charge in [-0.1, -0.05) is 41.4 Å². The molecule has 0 saturated carbocycles. The van der Waals surface area contributed by atoms with E-state index < -0.39 is 6.03 Å². The fourth-order valence-corrected chi connectivity index (χ4v) is 5.46. The molecule has 0 atom stereocenters. The van der Waals surface area contributed by atoms with Gasteiger partial charge in [0.05, 0.1) is 34.1 Å². The molecule has 204 valence electrons. The third-order valence-corrected chi connectivity index (χ3v) is 7.94. The highest BCUT2D eigenvalue weighted by molar-refractivity contribution is 6.44. The van der Waals surface area contributed by atoms with Crippen molar-refractivity contribution in [2.75, 3.05) is 66.8 Å². The smallest absolute Gasteiger partial charge is 0.323 e. The van der Waals surface area contributed by atoms with Gasteiger partial charge in [0.2, 0.25) is 0 Å². The molecule has 0 unspecified atom stereocenters. The molecule has 0 bridgehead atoms. The molecule has 2 fully saturated rings. The number of anilines is 4. The molecule has 3 aromatic carbocycles. The number of amides is 3. The number of carbonyl (C=O) groups is 2. The monoisotopic (exact) mass is 567 g/mol. The second-order valence-corrected chi connectivity index (χ2v) is 10.3. The van der Waals surface area contributed by atoms with Crippen LogP contribution in [0.3, 0.4) is 0 Å². The standard InChI is InChI=1S/C29H31Cl2N5O3/c1-39-26-10-3-2-9-25(26)35-17-15-34(16-18-35)24-12-11-20(19-21(24)28(37)36-13-4-5-14-36)32-29(38)33-23-8-6-7-22(30)27(23)31/h2-3,6-12,19H,4-5,13-18H2,1H3,(H2,32,33,38). The lowest BCUT2D eigenvalue weighted by Crippen LogP contribution is -2.47. The van der Waals surface area contributed by atoms with Crippen molar-refractivity contribution >= 4 is 57.9 Å². The zero-order chi connectivity index (χ0) is 27.4. The fraction of sp³-hybridized carbons (Fsp3) is 0.310. The van der Waals surface area contributed by atoms with E-state index in [1.807, 2.05) is 35.2 Å². The Bertz CT molecular complexity index is 1350. The number of benzene rings is 3. The van der Waals surface area contributed by atoms with Gasteiger partial charge in [-0.05, 0) is 55.3 Å². The maximum atomic E-state index is 13.6. The molecule has 3 amide bonds. The molecule has 2 saturated heterocycles. The minimum atomic E-state index is -0.475. The number of hydrogen-bond acceptors (Lipinski definition) is 5. The molecule has 2 N–H and O–H groups in total. The highest BCUT2D eigenvalue weighted by Crippen LogP contribution is 2.33. The first-order valence-electron chi connectivity index (χ1n) is 13.0. The number of nitrogens with one attached hydrogen (secondary N) is 2. The van der Waals surface area contributed by atoms with Crippen molar-refractivity contribution in [3.05, 3.63) is 76.3 Å². The van der Waals surface area contributed by atoms with Crippen LogP contribution in [0.4, 0.5) is 27.5 Å². The Labute approximate surface area is 238 Å². The first-order chi connectivity index (χ1) is 18.9. The number of para-hydroxylation sites is 2. The van der Waals surface area contributed by atoms with Crippen LogP contribution in [0.2, 0.25) is 10.0 Å². The van der Waals surface area contributed by atoms with Crippen LogP contribution < -0.4 is 25.2 Å². The average Bonchev–Trinajstić information content (AvgIpc) is 3.50. The van der Waals surface area contributed by atoms with E-state index in [0.29, 0.717) is 22.0 Å². The summed E-state index contributed by atoms with van der Waals surface area (Å²) < 4.78 is 5.55. The van der Waals surface area contributed by atoms with Crippen LogP contribution in [-0.2, 0) is 0 Å². The van der Waals surface area contributed by atoms with Gasteiger partial charge in [-0.15, -0.1) is 0 Å². The summed E-state index contributed by atoms with van der Waals surface area (Å²) in [4.78, 5) is 32.8. The Morgan fingerprint density at radius 3 is 2.21 bits per heavy atom. The van der Waals surface area contributed by atoms with E-state index >= 15 is 0 Å². The Hall–Kier alpha value is -3.62. The number of halogens is 2. The Morgan fingerprint density at radius 2 is 1.49 bits per heavy atom. The molecule has 10 heteroatoms.